The number of aromatic nitrogens is 4. The molecule has 7 nitrogen and oxygen atoms in total. The van der Waals surface area contributed by atoms with E-state index in [1.165, 1.54) is 0 Å². The van der Waals surface area contributed by atoms with E-state index in [0.717, 1.165) is 40.7 Å². The smallest absolute Gasteiger partial charge is 0.318 e. The van der Waals surface area contributed by atoms with Crippen LogP contribution in [-0.4, -0.2) is 69.3 Å². The Morgan fingerprint density at radius 3 is 2.69 bits per heavy atom. The van der Waals surface area contributed by atoms with E-state index in [-0.39, 0.29) is 18.0 Å². The third-order valence-corrected chi connectivity index (χ3v) is 7.35. The van der Waals surface area contributed by atoms with Gasteiger partial charge in [0.2, 0.25) is 0 Å². The molecule has 32 heavy (non-hydrogen) atoms. The lowest BCUT2D eigenvalue weighted by molar-refractivity contribution is 0.0729. The van der Waals surface area contributed by atoms with Crippen molar-refractivity contribution in [1.82, 2.24) is 24.6 Å². The first-order valence-electron chi connectivity index (χ1n) is 11.2. The Balaban J connectivity index is 1.61. The van der Waals surface area contributed by atoms with E-state index in [1.807, 2.05) is 26.2 Å². The maximum Gasteiger partial charge on any atom is 0.318 e. The average Bonchev–Trinajstić information content (AvgIpc) is 3.16. The molecule has 5 rings (SSSR count). The quantitative estimate of drug-likeness (QED) is 0.672. The minimum atomic E-state index is -0.940. The fourth-order valence-corrected chi connectivity index (χ4v) is 5.10. The molecule has 8 heteroatoms. The van der Waals surface area contributed by atoms with Crippen LogP contribution in [0.4, 0.5) is 4.39 Å². The molecule has 1 aliphatic carbocycles. The zero-order chi connectivity index (χ0) is 22.6. The van der Waals surface area contributed by atoms with E-state index >= 15 is 4.39 Å². The van der Waals surface area contributed by atoms with E-state index in [9.17, 15) is 5.11 Å². The number of aryl methyl sites for hydroxylation is 1. The summed E-state index contributed by atoms with van der Waals surface area (Å²) in [4.78, 5) is 11.1. The van der Waals surface area contributed by atoms with Crippen LogP contribution in [0.5, 0.6) is 6.01 Å². The van der Waals surface area contributed by atoms with E-state index in [4.69, 9.17) is 4.74 Å². The van der Waals surface area contributed by atoms with Crippen LogP contribution in [-0.2, 0) is 5.41 Å². The lowest BCUT2D eigenvalue weighted by Crippen LogP contribution is -2.48. The molecule has 0 radical (unpaired) electrons. The van der Waals surface area contributed by atoms with Crippen molar-refractivity contribution in [2.45, 2.75) is 56.7 Å². The van der Waals surface area contributed by atoms with Gasteiger partial charge in [-0.1, -0.05) is 6.92 Å². The highest BCUT2D eigenvalue weighted by atomic mass is 19.1. The van der Waals surface area contributed by atoms with Crippen molar-refractivity contribution in [3.05, 3.63) is 41.2 Å². The monoisotopic (exact) mass is 439 g/mol. The summed E-state index contributed by atoms with van der Waals surface area (Å²) in [5.41, 5.74) is 3.29. The summed E-state index contributed by atoms with van der Waals surface area (Å²) < 4.78 is 22.4. The fourth-order valence-electron chi connectivity index (χ4n) is 5.10. The van der Waals surface area contributed by atoms with Crippen molar-refractivity contribution >= 4 is 10.9 Å². The SMILES string of the molecule is COc1nc(C2CC(O)C2)cc(-n2ncc3cc(C)c([C@]4(C)CCN(C)CC4F)cc32)n1. The predicted octanol–water partition coefficient (Wildman–Crippen LogP) is 3.30. The molecule has 3 aromatic rings. The second-order valence-electron chi connectivity index (χ2n) is 9.64. The number of hydrogen-bond donors (Lipinski definition) is 1. The molecule has 2 fully saturated rings. The van der Waals surface area contributed by atoms with Gasteiger partial charge in [-0.05, 0) is 63.0 Å². The number of rotatable bonds is 4. The van der Waals surface area contributed by atoms with Gasteiger partial charge in [-0.15, -0.1) is 0 Å². The number of hydrogen-bond acceptors (Lipinski definition) is 6. The number of fused-ring (bicyclic) bond motifs is 1. The fraction of sp³-hybridized carbons (Fsp3) is 0.542. The van der Waals surface area contributed by atoms with E-state index in [1.54, 1.807) is 11.8 Å². The normalized spacial score (nSPS) is 28.6. The molecule has 1 N–H and O–H groups in total. The van der Waals surface area contributed by atoms with Gasteiger partial charge in [0.05, 0.1) is 30.6 Å². The minimum absolute atomic E-state index is 0.186. The third-order valence-electron chi connectivity index (χ3n) is 7.35. The molecule has 1 saturated carbocycles. The Morgan fingerprint density at radius 1 is 1.22 bits per heavy atom. The maximum atomic E-state index is 15.3. The van der Waals surface area contributed by atoms with E-state index in [2.05, 4.69) is 39.0 Å². The van der Waals surface area contributed by atoms with Crippen LogP contribution >= 0.6 is 0 Å². The molecule has 0 amide bonds. The van der Waals surface area contributed by atoms with Gasteiger partial charge in [0.15, 0.2) is 5.82 Å². The van der Waals surface area contributed by atoms with Gasteiger partial charge in [0.25, 0.3) is 0 Å². The Kier molecular flexibility index (Phi) is 5.17. The lowest BCUT2D eigenvalue weighted by atomic mass is 9.71. The van der Waals surface area contributed by atoms with Crippen molar-refractivity contribution in [2.75, 3.05) is 27.2 Å². The number of ether oxygens (including phenoxy) is 1. The topological polar surface area (TPSA) is 76.3 Å². The first-order valence-corrected chi connectivity index (χ1v) is 11.2. The molecule has 2 aromatic heterocycles. The highest BCUT2D eigenvalue weighted by Gasteiger charge is 2.41. The Labute approximate surface area is 187 Å². The summed E-state index contributed by atoms with van der Waals surface area (Å²) in [5.74, 6) is 0.800. The van der Waals surface area contributed by atoms with Gasteiger partial charge >= 0.3 is 6.01 Å². The molecule has 2 aliphatic rings. The van der Waals surface area contributed by atoms with Crippen molar-refractivity contribution < 1.29 is 14.2 Å². The zero-order valence-electron chi connectivity index (χ0n) is 19.0. The Bertz CT molecular complexity index is 1160. The highest BCUT2D eigenvalue weighted by molar-refractivity contribution is 5.82. The van der Waals surface area contributed by atoms with Crippen molar-refractivity contribution in [3.63, 3.8) is 0 Å². The van der Waals surface area contributed by atoms with Crippen LogP contribution < -0.4 is 4.74 Å². The van der Waals surface area contributed by atoms with Crippen LogP contribution in [0.3, 0.4) is 0 Å². The largest absolute Gasteiger partial charge is 0.467 e. The van der Waals surface area contributed by atoms with Crippen LogP contribution in [0.1, 0.15) is 48.9 Å². The second-order valence-corrected chi connectivity index (χ2v) is 9.64. The van der Waals surface area contributed by atoms with Gasteiger partial charge in [-0.25, -0.2) is 9.07 Å². The van der Waals surface area contributed by atoms with Gasteiger partial charge in [0, 0.05) is 29.3 Å². The predicted molar refractivity (Wildman–Crippen MR) is 120 cm³/mol. The summed E-state index contributed by atoms with van der Waals surface area (Å²) in [6, 6.07) is 6.37. The molecule has 1 aliphatic heterocycles. The van der Waals surface area contributed by atoms with Gasteiger partial charge in [-0.2, -0.15) is 15.1 Å². The van der Waals surface area contributed by atoms with Crippen LogP contribution in [0.15, 0.2) is 24.4 Å². The summed E-state index contributed by atoms with van der Waals surface area (Å²) in [6.45, 7) is 5.39. The lowest BCUT2D eigenvalue weighted by Gasteiger charge is -2.42. The van der Waals surface area contributed by atoms with Crippen molar-refractivity contribution in [1.29, 1.82) is 0 Å². The van der Waals surface area contributed by atoms with E-state index < -0.39 is 11.6 Å². The number of nitrogens with zero attached hydrogens (tertiary/aromatic N) is 5. The summed E-state index contributed by atoms with van der Waals surface area (Å²) in [6.07, 6.45) is 2.74. The number of aliphatic hydroxyl groups is 1. The molecule has 0 spiro atoms. The highest BCUT2D eigenvalue weighted by Crippen LogP contribution is 2.41. The molecule has 170 valence electrons. The third kappa shape index (κ3) is 3.46. The molecule has 1 saturated heterocycles. The number of alkyl halides is 1. The number of methoxy groups -OCH3 is 1. The summed E-state index contributed by atoms with van der Waals surface area (Å²) >= 11 is 0. The standard InChI is InChI=1S/C24H30FN5O2/c1-14-7-16-12-26-30(20(16)10-18(14)24(2)5-6-29(3)13-21(24)25)22-11-19(15-8-17(31)9-15)27-23(28-22)32-4/h7,10-12,15,17,21,31H,5-6,8-9,13H2,1-4H3/t15?,17?,21?,24-/m0/s1. The molecule has 3 heterocycles. The van der Waals surface area contributed by atoms with E-state index in [0.29, 0.717) is 25.2 Å². The Morgan fingerprint density at radius 2 is 2.00 bits per heavy atom. The van der Waals surface area contributed by atoms with Gasteiger partial charge < -0.3 is 14.7 Å². The van der Waals surface area contributed by atoms with Crippen LogP contribution in [0.25, 0.3) is 16.7 Å². The molecule has 2 atom stereocenters. The van der Waals surface area contributed by atoms with Crippen LogP contribution in [0, 0.1) is 6.92 Å². The number of benzene rings is 1. The van der Waals surface area contributed by atoms with Crippen molar-refractivity contribution in [3.8, 4) is 11.8 Å². The summed E-state index contributed by atoms with van der Waals surface area (Å²) in [5, 5.41) is 15.3. The first-order chi connectivity index (χ1) is 15.3. The molecular formula is C24H30FN5O2. The second kappa shape index (κ2) is 7.78. The van der Waals surface area contributed by atoms with Gasteiger partial charge in [0.1, 0.15) is 6.17 Å². The Hall–Kier alpha value is -2.58. The minimum Gasteiger partial charge on any atom is -0.467 e. The average molecular weight is 440 g/mol. The zero-order valence-corrected chi connectivity index (χ0v) is 19.0. The molecule has 1 aromatic carbocycles. The first kappa shape index (κ1) is 21.3. The number of halogens is 1. The van der Waals surface area contributed by atoms with Gasteiger partial charge in [-0.3, -0.25) is 0 Å². The number of aliphatic hydroxyl groups excluding tert-OH is 1. The number of likely N-dealkylation sites (tertiary alicyclic amines) is 1. The molecule has 0 bridgehead atoms. The van der Waals surface area contributed by atoms with Crippen LogP contribution in [0.2, 0.25) is 0 Å². The molecule has 1 unspecified atom stereocenters. The molecular weight excluding hydrogens is 409 g/mol. The summed E-state index contributed by atoms with van der Waals surface area (Å²) in [7, 11) is 3.52. The number of piperidine rings is 1. The maximum absolute atomic E-state index is 15.3. The van der Waals surface area contributed by atoms with Crippen molar-refractivity contribution in [2.24, 2.45) is 0 Å².